The largest absolute Gasteiger partial charge is 0.461 e. The Morgan fingerprint density at radius 2 is 1.74 bits per heavy atom. The number of nitrogens with zero attached hydrogens (tertiary/aromatic N) is 2. The van der Waals surface area contributed by atoms with Crippen molar-refractivity contribution >= 4 is 40.8 Å². The van der Waals surface area contributed by atoms with Crippen LogP contribution in [0.5, 0.6) is 0 Å². The van der Waals surface area contributed by atoms with Crippen molar-refractivity contribution in [1.82, 2.24) is 9.78 Å². The van der Waals surface area contributed by atoms with Crippen molar-refractivity contribution in [1.29, 1.82) is 0 Å². The minimum atomic E-state index is -0.453. The molecular weight excluding hydrogens is 407 g/mol. The second kappa shape index (κ2) is 8.34. The summed E-state index contributed by atoms with van der Waals surface area (Å²) in [5, 5.41) is 6.23. The molecule has 0 radical (unpaired) electrons. The molecule has 0 saturated carbocycles. The Balaban J connectivity index is 2.11. The lowest BCUT2D eigenvalue weighted by Crippen LogP contribution is -2.09. The van der Waals surface area contributed by atoms with Crippen LogP contribution < -0.4 is 0 Å². The van der Waals surface area contributed by atoms with Crippen molar-refractivity contribution < 1.29 is 9.53 Å². The Labute approximate surface area is 172 Å². The van der Waals surface area contributed by atoms with Gasteiger partial charge in [-0.3, -0.25) is 4.68 Å². The maximum Gasteiger partial charge on any atom is 0.359 e. The number of ether oxygens (including phenoxy) is 1. The van der Waals surface area contributed by atoms with Crippen LogP contribution in [0.1, 0.15) is 28.5 Å². The highest BCUT2D eigenvalue weighted by molar-refractivity contribution is 6.35. The molecule has 0 bridgehead atoms. The Kier molecular flexibility index (Phi) is 6.10. The highest BCUT2D eigenvalue weighted by Gasteiger charge is 2.22. The Hall–Kier alpha value is -2.01. The molecule has 0 fully saturated rings. The number of esters is 1. The van der Waals surface area contributed by atoms with E-state index in [0.29, 0.717) is 21.6 Å². The van der Waals surface area contributed by atoms with E-state index in [1.165, 1.54) is 0 Å². The molecule has 140 valence electrons. The molecule has 2 aromatic carbocycles. The fourth-order valence-electron chi connectivity index (χ4n) is 2.84. The van der Waals surface area contributed by atoms with Crippen LogP contribution in [0.3, 0.4) is 0 Å². The van der Waals surface area contributed by atoms with Crippen molar-refractivity contribution in [3.8, 4) is 11.3 Å². The topological polar surface area (TPSA) is 44.1 Å². The number of hydrogen-bond donors (Lipinski definition) is 0. The smallest absolute Gasteiger partial charge is 0.359 e. The molecule has 4 nitrogen and oxygen atoms in total. The van der Waals surface area contributed by atoms with Crippen molar-refractivity contribution in [3.63, 3.8) is 0 Å². The van der Waals surface area contributed by atoms with Crippen molar-refractivity contribution in [2.75, 3.05) is 6.61 Å². The van der Waals surface area contributed by atoms with Crippen LogP contribution in [0.2, 0.25) is 15.1 Å². The highest BCUT2D eigenvalue weighted by Crippen LogP contribution is 2.30. The van der Waals surface area contributed by atoms with Gasteiger partial charge in [0, 0.05) is 26.2 Å². The molecule has 1 aromatic heterocycles. The zero-order chi connectivity index (χ0) is 19.6. The average Bonchev–Trinajstić information content (AvgIpc) is 2.95. The van der Waals surface area contributed by atoms with Gasteiger partial charge in [-0.25, -0.2) is 4.79 Å². The number of benzene rings is 2. The van der Waals surface area contributed by atoms with Crippen LogP contribution in [-0.4, -0.2) is 22.4 Å². The van der Waals surface area contributed by atoms with E-state index in [2.05, 4.69) is 5.10 Å². The summed E-state index contributed by atoms with van der Waals surface area (Å²) >= 11 is 18.3. The number of carbonyl (C=O) groups excluding carboxylic acids is 1. The SMILES string of the molecule is CCOC(=O)c1nn(Cc2ccc(Cl)cc2Cl)c(-c2ccc(Cl)cc2)c1C. The van der Waals surface area contributed by atoms with E-state index in [4.69, 9.17) is 39.5 Å². The number of rotatable bonds is 5. The molecule has 0 unspecified atom stereocenters. The number of halogens is 3. The molecule has 0 aliphatic carbocycles. The van der Waals surface area contributed by atoms with Crippen molar-refractivity contribution in [2.24, 2.45) is 0 Å². The highest BCUT2D eigenvalue weighted by atomic mass is 35.5. The quantitative estimate of drug-likeness (QED) is 0.470. The average molecular weight is 424 g/mol. The molecule has 1 heterocycles. The molecule has 7 heteroatoms. The van der Waals surface area contributed by atoms with E-state index in [9.17, 15) is 4.79 Å². The van der Waals surface area contributed by atoms with Crippen LogP contribution in [0.25, 0.3) is 11.3 Å². The van der Waals surface area contributed by atoms with E-state index in [-0.39, 0.29) is 12.3 Å². The van der Waals surface area contributed by atoms with E-state index < -0.39 is 5.97 Å². The van der Waals surface area contributed by atoms with Gasteiger partial charge in [-0.15, -0.1) is 0 Å². The maximum atomic E-state index is 12.3. The summed E-state index contributed by atoms with van der Waals surface area (Å²) in [6.45, 7) is 4.28. The number of carbonyl (C=O) groups is 1. The second-order valence-corrected chi connectivity index (χ2v) is 7.22. The van der Waals surface area contributed by atoms with E-state index in [0.717, 1.165) is 22.4 Å². The van der Waals surface area contributed by atoms with Crippen molar-refractivity contribution in [2.45, 2.75) is 20.4 Å². The van der Waals surface area contributed by atoms with Gasteiger partial charge in [0.25, 0.3) is 0 Å². The predicted octanol–water partition coefficient (Wildman–Crippen LogP) is 6.04. The molecular formula is C20H17Cl3N2O2. The van der Waals surface area contributed by atoms with Gasteiger partial charge < -0.3 is 4.74 Å². The lowest BCUT2D eigenvalue weighted by Gasteiger charge is -2.10. The van der Waals surface area contributed by atoms with Crippen LogP contribution in [0.4, 0.5) is 0 Å². The minimum absolute atomic E-state index is 0.282. The first kappa shape index (κ1) is 19.7. The van der Waals surface area contributed by atoms with Gasteiger partial charge in [0.15, 0.2) is 5.69 Å². The molecule has 0 N–H and O–H groups in total. The molecule has 0 aliphatic heterocycles. The summed E-state index contributed by atoms with van der Waals surface area (Å²) in [7, 11) is 0. The van der Waals surface area contributed by atoms with E-state index >= 15 is 0 Å². The Morgan fingerprint density at radius 3 is 2.37 bits per heavy atom. The normalized spacial score (nSPS) is 10.9. The number of hydrogen-bond acceptors (Lipinski definition) is 3. The van der Waals surface area contributed by atoms with Gasteiger partial charge in [0.1, 0.15) is 0 Å². The van der Waals surface area contributed by atoms with E-state index in [1.54, 1.807) is 35.9 Å². The second-order valence-electron chi connectivity index (χ2n) is 5.94. The fourth-order valence-corrected chi connectivity index (χ4v) is 3.44. The monoisotopic (exact) mass is 422 g/mol. The molecule has 0 aliphatic rings. The third-order valence-corrected chi connectivity index (χ3v) is 4.95. The zero-order valence-electron chi connectivity index (χ0n) is 14.8. The van der Waals surface area contributed by atoms with Crippen LogP contribution >= 0.6 is 34.8 Å². The van der Waals surface area contributed by atoms with Crippen LogP contribution in [0, 0.1) is 6.92 Å². The fraction of sp³-hybridized carbons (Fsp3) is 0.200. The summed E-state index contributed by atoms with van der Waals surface area (Å²) in [5.41, 5.74) is 3.56. The Morgan fingerprint density at radius 1 is 1.07 bits per heavy atom. The summed E-state index contributed by atoms with van der Waals surface area (Å²) < 4.78 is 6.89. The van der Waals surface area contributed by atoms with E-state index in [1.807, 2.05) is 25.1 Å². The standard InChI is InChI=1S/C20H17Cl3N2O2/c1-3-27-20(26)18-12(2)19(13-4-7-15(21)8-5-13)25(24-18)11-14-6-9-16(22)10-17(14)23/h4-10H,3,11H2,1-2H3. The molecule has 0 saturated heterocycles. The maximum absolute atomic E-state index is 12.3. The first-order valence-corrected chi connectivity index (χ1v) is 9.48. The van der Waals surface area contributed by atoms with Gasteiger partial charge in [-0.05, 0) is 43.7 Å². The number of aromatic nitrogens is 2. The predicted molar refractivity (Wildman–Crippen MR) is 109 cm³/mol. The minimum Gasteiger partial charge on any atom is -0.461 e. The Bertz CT molecular complexity index is 982. The van der Waals surface area contributed by atoms with Crippen LogP contribution in [-0.2, 0) is 11.3 Å². The lowest BCUT2D eigenvalue weighted by atomic mass is 10.1. The van der Waals surface area contributed by atoms with Gasteiger partial charge in [-0.2, -0.15) is 5.10 Å². The summed E-state index contributed by atoms with van der Waals surface area (Å²) in [6.07, 6.45) is 0. The molecule has 0 amide bonds. The molecule has 3 aromatic rings. The van der Waals surface area contributed by atoms with Crippen molar-refractivity contribution in [3.05, 3.63) is 74.4 Å². The summed E-state index contributed by atoms with van der Waals surface area (Å²) in [6, 6.07) is 12.7. The van der Waals surface area contributed by atoms with Gasteiger partial charge in [0.2, 0.25) is 0 Å². The van der Waals surface area contributed by atoms with Crippen LogP contribution in [0.15, 0.2) is 42.5 Å². The molecule has 27 heavy (non-hydrogen) atoms. The summed E-state index contributed by atoms with van der Waals surface area (Å²) in [4.78, 5) is 12.3. The first-order chi connectivity index (χ1) is 12.9. The molecule has 3 rings (SSSR count). The zero-order valence-corrected chi connectivity index (χ0v) is 17.1. The molecule has 0 spiro atoms. The lowest BCUT2D eigenvalue weighted by molar-refractivity contribution is 0.0517. The van der Waals surface area contributed by atoms with Gasteiger partial charge >= 0.3 is 5.97 Å². The van der Waals surface area contributed by atoms with Gasteiger partial charge in [-0.1, -0.05) is 53.0 Å². The third kappa shape index (κ3) is 4.29. The molecule has 0 atom stereocenters. The summed E-state index contributed by atoms with van der Waals surface area (Å²) in [5.74, 6) is -0.453. The third-order valence-electron chi connectivity index (χ3n) is 4.11. The van der Waals surface area contributed by atoms with Gasteiger partial charge in [0.05, 0.1) is 18.8 Å². The first-order valence-electron chi connectivity index (χ1n) is 8.35.